The molecule has 2 fully saturated rings. The van der Waals surface area contributed by atoms with Crippen molar-refractivity contribution in [3.8, 4) is 0 Å². The molecule has 0 saturated carbocycles. The van der Waals surface area contributed by atoms with Gasteiger partial charge >= 0.3 is 18.1 Å². The molecule has 0 spiro atoms. The second kappa shape index (κ2) is 6.17. The molecule has 2 aliphatic rings. The summed E-state index contributed by atoms with van der Waals surface area (Å²) in [7, 11) is 1.27. The van der Waals surface area contributed by atoms with Crippen LogP contribution in [0.1, 0.15) is 12.8 Å². The predicted octanol–water partition coefficient (Wildman–Crippen LogP) is -0.630. The number of nitrogens with one attached hydrogen (secondary N) is 2. The lowest BCUT2D eigenvalue weighted by Crippen LogP contribution is -2.58. The summed E-state index contributed by atoms with van der Waals surface area (Å²) in [5, 5.41) is 14.4. The van der Waals surface area contributed by atoms with E-state index in [1.54, 1.807) is 0 Å². The van der Waals surface area contributed by atoms with Crippen LogP contribution in [-0.2, 0) is 14.3 Å². The first-order chi connectivity index (χ1) is 9.97. The number of alkyl carbamates (subject to hydrolysis) is 1. The van der Waals surface area contributed by atoms with Gasteiger partial charge in [0.25, 0.3) is 0 Å². The molecule has 0 aliphatic carbocycles. The number of carbonyl (C=O) groups excluding carboxylic acids is 2. The van der Waals surface area contributed by atoms with Gasteiger partial charge in [0.15, 0.2) is 5.54 Å². The zero-order chi connectivity index (χ0) is 15.5. The third kappa shape index (κ3) is 3.35. The lowest BCUT2D eigenvalue weighted by Gasteiger charge is -2.27. The van der Waals surface area contributed by atoms with Gasteiger partial charge in [0.1, 0.15) is 0 Å². The van der Waals surface area contributed by atoms with Gasteiger partial charge in [-0.25, -0.2) is 14.4 Å². The second-order valence-electron chi connectivity index (χ2n) is 5.19. The average Bonchev–Trinajstić information content (AvgIpc) is 3.08. The third-order valence-electron chi connectivity index (χ3n) is 3.76. The second-order valence-corrected chi connectivity index (χ2v) is 5.19. The molecule has 2 atom stereocenters. The Morgan fingerprint density at radius 3 is 2.76 bits per heavy atom. The molecule has 0 aromatic heterocycles. The number of urea groups is 1. The Kier molecular flexibility index (Phi) is 4.51. The van der Waals surface area contributed by atoms with Crippen molar-refractivity contribution >= 4 is 18.1 Å². The Morgan fingerprint density at radius 1 is 1.43 bits per heavy atom. The van der Waals surface area contributed by atoms with Crippen molar-refractivity contribution < 1.29 is 29.0 Å². The van der Waals surface area contributed by atoms with Crippen LogP contribution in [0.5, 0.6) is 0 Å². The highest BCUT2D eigenvalue weighted by Crippen LogP contribution is 2.20. The topological polar surface area (TPSA) is 117 Å². The van der Waals surface area contributed by atoms with Gasteiger partial charge in [-0.3, -0.25) is 0 Å². The zero-order valence-corrected chi connectivity index (χ0v) is 11.8. The number of carboxylic acids is 1. The van der Waals surface area contributed by atoms with E-state index in [-0.39, 0.29) is 19.1 Å². The van der Waals surface area contributed by atoms with Crippen molar-refractivity contribution in [2.75, 3.05) is 33.4 Å². The zero-order valence-electron chi connectivity index (χ0n) is 11.8. The van der Waals surface area contributed by atoms with Crippen molar-refractivity contribution in [1.29, 1.82) is 0 Å². The molecule has 2 aliphatic heterocycles. The number of nitrogens with zero attached hydrogens (tertiary/aromatic N) is 1. The van der Waals surface area contributed by atoms with Gasteiger partial charge in [0.05, 0.1) is 19.8 Å². The summed E-state index contributed by atoms with van der Waals surface area (Å²) in [5.74, 6) is -1.10. The molecule has 21 heavy (non-hydrogen) atoms. The van der Waals surface area contributed by atoms with Crippen LogP contribution in [0.4, 0.5) is 9.59 Å². The first-order valence-corrected chi connectivity index (χ1v) is 6.69. The monoisotopic (exact) mass is 301 g/mol. The van der Waals surface area contributed by atoms with Crippen LogP contribution in [0.25, 0.3) is 0 Å². The number of ether oxygens (including phenoxy) is 2. The predicted molar refractivity (Wildman–Crippen MR) is 69.9 cm³/mol. The number of likely N-dealkylation sites (tertiary alicyclic amines) is 1. The highest BCUT2D eigenvalue weighted by molar-refractivity contribution is 5.87. The number of amides is 3. The maximum Gasteiger partial charge on any atom is 0.407 e. The number of carboxylic acid groups (broad SMARTS) is 1. The number of hydrogen-bond acceptors (Lipinski definition) is 5. The summed E-state index contributed by atoms with van der Waals surface area (Å²) < 4.78 is 9.59. The van der Waals surface area contributed by atoms with Crippen molar-refractivity contribution in [2.45, 2.75) is 24.4 Å². The van der Waals surface area contributed by atoms with Gasteiger partial charge in [-0.2, -0.15) is 0 Å². The maximum atomic E-state index is 12.2. The van der Waals surface area contributed by atoms with E-state index >= 15 is 0 Å². The van der Waals surface area contributed by atoms with Crippen LogP contribution in [0.2, 0.25) is 0 Å². The van der Waals surface area contributed by atoms with Gasteiger partial charge in [0, 0.05) is 26.1 Å². The number of methoxy groups -OCH3 is 1. The van der Waals surface area contributed by atoms with E-state index in [9.17, 15) is 19.5 Å². The van der Waals surface area contributed by atoms with Crippen LogP contribution < -0.4 is 10.6 Å². The van der Waals surface area contributed by atoms with E-state index in [4.69, 9.17) is 4.74 Å². The molecule has 3 amide bonds. The molecule has 2 unspecified atom stereocenters. The molecule has 2 rings (SSSR count). The Labute approximate surface area is 121 Å². The van der Waals surface area contributed by atoms with Crippen molar-refractivity contribution in [2.24, 2.45) is 0 Å². The van der Waals surface area contributed by atoms with E-state index < -0.39 is 23.6 Å². The fraction of sp³-hybridized carbons (Fsp3) is 0.750. The summed E-state index contributed by atoms with van der Waals surface area (Å²) >= 11 is 0. The SMILES string of the molecule is COC(=O)NC1CCN(C(=O)NC2(C(=O)O)CCOC2)C1. The van der Waals surface area contributed by atoms with E-state index in [0.29, 0.717) is 26.1 Å². The number of carbonyl (C=O) groups is 3. The molecule has 0 bridgehead atoms. The van der Waals surface area contributed by atoms with Gasteiger partial charge in [-0.05, 0) is 6.42 Å². The summed E-state index contributed by atoms with van der Waals surface area (Å²) in [6.07, 6.45) is 0.290. The lowest BCUT2D eigenvalue weighted by atomic mass is 9.99. The van der Waals surface area contributed by atoms with E-state index in [2.05, 4.69) is 15.4 Å². The molecule has 0 radical (unpaired) electrons. The normalized spacial score (nSPS) is 28.2. The standard InChI is InChI=1S/C12H19N3O6/c1-20-11(19)13-8-2-4-15(6-8)10(18)14-12(9(16)17)3-5-21-7-12/h8H,2-7H2,1H3,(H,13,19)(H,14,18)(H,16,17). The molecule has 9 heteroatoms. The lowest BCUT2D eigenvalue weighted by molar-refractivity contribution is -0.144. The van der Waals surface area contributed by atoms with Crippen molar-refractivity contribution in [3.05, 3.63) is 0 Å². The van der Waals surface area contributed by atoms with Crippen LogP contribution in [-0.4, -0.2) is 73.1 Å². The summed E-state index contributed by atoms with van der Waals surface area (Å²) in [6.45, 7) is 1.03. The summed E-state index contributed by atoms with van der Waals surface area (Å²) in [6, 6.07) is -0.652. The Balaban J connectivity index is 1.89. The van der Waals surface area contributed by atoms with Gasteiger partial charge in [0.2, 0.25) is 0 Å². The minimum atomic E-state index is -1.36. The summed E-state index contributed by atoms with van der Waals surface area (Å²) in [5.41, 5.74) is -1.36. The number of aliphatic carboxylic acids is 1. The summed E-state index contributed by atoms with van der Waals surface area (Å²) in [4.78, 5) is 36.1. The van der Waals surface area contributed by atoms with Crippen LogP contribution in [0.3, 0.4) is 0 Å². The van der Waals surface area contributed by atoms with Crippen molar-refractivity contribution in [1.82, 2.24) is 15.5 Å². The van der Waals surface area contributed by atoms with Gasteiger partial charge in [-0.1, -0.05) is 0 Å². The Morgan fingerprint density at radius 2 is 2.19 bits per heavy atom. The first kappa shape index (κ1) is 15.4. The molecule has 118 valence electrons. The number of rotatable bonds is 3. The quantitative estimate of drug-likeness (QED) is 0.639. The van der Waals surface area contributed by atoms with Crippen molar-refractivity contribution in [3.63, 3.8) is 0 Å². The van der Waals surface area contributed by atoms with Crippen LogP contribution in [0, 0.1) is 0 Å². The minimum absolute atomic E-state index is 0.0360. The molecule has 0 aromatic carbocycles. The fourth-order valence-corrected chi connectivity index (χ4v) is 2.46. The molecule has 9 nitrogen and oxygen atoms in total. The van der Waals surface area contributed by atoms with E-state index in [0.717, 1.165) is 0 Å². The molecular weight excluding hydrogens is 282 g/mol. The largest absolute Gasteiger partial charge is 0.479 e. The molecule has 2 saturated heterocycles. The highest BCUT2D eigenvalue weighted by atomic mass is 16.5. The number of hydrogen-bond donors (Lipinski definition) is 3. The van der Waals surface area contributed by atoms with Crippen LogP contribution in [0.15, 0.2) is 0 Å². The third-order valence-corrected chi connectivity index (χ3v) is 3.76. The molecule has 0 aromatic rings. The Bertz CT molecular complexity index is 435. The fourth-order valence-electron chi connectivity index (χ4n) is 2.46. The molecular formula is C12H19N3O6. The first-order valence-electron chi connectivity index (χ1n) is 6.69. The van der Waals surface area contributed by atoms with Gasteiger partial charge < -0.3 is 30.1 Å². The smallest absolute Gasteiger partial charge is 0.407 e. The molecule has 3 N–H and O–H groups in total. The highest BCUT2D eigenvalue weighted by Gasteiger charge is 2.45. The Hall–Kier alpha value is -2.03. The van der Waals surface area contributed by atoms with E-state index in [1.807, 2.05) is 0 Å². The maximum absolute atomic E-state index is 12.2. The molecule has 2 heterocycles. The van der Waals surface area contributed by atoms with E-state index in [1.165, 1.54) is 12.0 Å². The van der Waals surface area contributed by atoms with Crippen LogP contribution >= 0.6 is 0 Å². The van der Waals surface area contributed by atoms with Gasteiger partial charge in [-0.15, -0.1) is 0 Å². The average molecular weight is 301 g/mol. The minimum Gasteiger partial charge on any atom is -0.479 e.